The number of carboxylic acid groups (broad SMARTS) is 1. The average Bonchev–Trinajstić information content (AvgIpc) is 2.84. The Morgan fingerprint density at radius 3 is 2.54 bits per heavy atom. The molecule has 1 N–H and O–H groups in total. The molecule has 0 spiro atoms. The number of aliphatic carboxylic acids is 1. The summed E-state index contributed by atoms with van der Waals surface area (Å²) in [5, 5.41) is 13.5. The van der Waals surface area contributed by atoms with Gasteiger partial charge in [0.2, 0.25) is 5.91 Å². The predicted molar refractivity (Wildman–Crippen MR) is 103 cm³/mol. The average molecular weight is 391 g/mol. The molecule has 0 radical (unpaired) electrons. The van der Waals surface area contributed by atoms with Gasteiger partial charge in [-0.3, -0.25) is 14.5 Å². The van der Waals surface area contributed by atoms with E-state index in [1.165, 1.54) is 16.7 Å². The first kappa shape index (κ1) is 20.1. The van der Waals surface area contributed by atoms with Crippen molar-refractivity contribution >= 4 is 52.2 Å². The third-order valence-electron chi connectivity index (χ3n) is 3.77. The molecule has 2 rings (SSSR count). The van der Waals surface area contributed by atoms with Gasteiger partial charge < -0.3 is 15.2 Å². The smallest absolute Gasteiger partial charge is 0.266 e. The van der Waals surface area contributed by atoms with E-state index in [1.807, 2.05) is 30.3 Å². The standard InChI is InChI=1S/C18H20N2O4S2/c1-11(2)15(17(23)24)19-14(21)8-9-20-16(22)13(26-18(20)25)10-12-6-4-3-5-7-12/h3-7,10-11,15H,8-9H2,1-2H3,(H,19,21)(H,23,24)/p-1/b13-10+/t15-/m1/s1. The molecular weight excluding hydrogens is 372 g/mol. The number of carbonyl (C=O) groups is 3. The number of amides is 2. The van der Waals surface area contributed by atoms with E-state index in [-0.39, 0.29) is 24.8 Å². The second kappa shape index (κ2) is 8.95. The van der Waals surface area contributed by atoms with E-state index < -0.39 is 17.9 Å². The molecule has 1 saturated heterocycles. The fraction of sp³-hybridized carbons (Fsp3) is 0.333. The van der Waals surface area contributed by atoms with Crippen molar-refractivity contribution in [2.45, 2.75) is 26.3 Å². The van der Waals surface area contributed by atoms with Gasteiger partial charge >= 0.3 is 0 Å². The Kier molecular flexibility index (Phi) is 6.93. The number of rotatable bonds is 7. The van der Waals surface area contributed by atoms with Crippen molar-refractivity contribution in [1.82, 2.24) is 10.2 Å². The lowest BCUT2D eigenvalue weighted by Gasteiger charge is -2.23. The number of nitrogens with zero attached hydrogens (tertiary/aromatic N) is 1. The van der Waals surface area contributed by atoms with Crippen molar-refractivity contribution in [2.75, 3.05) is 6.54 Å². The highest BCUT2D eigenvalue weighted by molar-refractivity contribution is 8.26. The van der Waals surface area contributed by atoms with Gasteiger partial charge in [0, 0.05) is 13.0 Å². The maximum atomic E-state index is 12.5. The van der Waals surface area contributed by atoms with E-state index in [1.54, 1.807) is 19.9 Å². The summed E-state index contributed by atoms with van der Waals surface area (Å²) < 4.78 is 0.380. The number of thiocarbonyl (C=S) groups is 1. The minimum atomic E-state index is -1.33. The zero-order valence-electron chi connectivity index (χ0n) is 14.4. The molecule has 6 nitrogen and oxygen atoms in total. The van der Waals surface area contributed by atoms with Crippen LogP contribution >= 0.6 is 24.0 Å². The fourth-order valence-electron chi connectivity index (χ4n) is 2.35. The van der Waals surface area contributed by atoms with Crippen LogP contribution in [0.1, 0.15) is 25.8 Å². The maximum absolute atomic E-state index is 12.5. The van der Waals surface area contributed by atoms with Crippen LogP contribution in [-0.4, -0.2) is 39.6 Å². The summed E-state index contributed by atoms with van der Waals surface area (Å²) in [5.41, 5.74) is 0.888. The molecule has 2 amide bonds. The van der Waals surface area contributed by atoms with Gasteiger partial charge in [0.05, 0.1) is 16.9 Å². The van der Waals surface area contributed by atoms with E-state index in [0.29, 0.717) is 9.23 Å². The SMILES string of the molecule is CC(C)[C@@H](NC(=O)CCN1C(=O)/C(=C\c2ccccc2)SC1=S)C(=O)[O-]. The summed E-state index contributed by atoms with van der Waals surface area (Å²) in [6, 6.07) is 8.33. The molecule has 1 fully saturated rings. The second-order valence-electron chi connectivity index (χ2n) is 6.10. The molecule has 1 aliphatic heterocycles. The quantitative estimate of drug-likeness (QED) is 0.554. The van der Waals surface area contributed by atoms with Crippen molar-refractivity contribution in [1.29, 1.82) is 0 Å². The first-order valence-electron chi connectivity index (χ1n) is 8.10. The lowest BCUT2D eigenvalue weighted by molar-refractivity contribution is -0.309. The molecule has 26 heavy (non-hydrogen) atoms. The maximum Gasteiger partial charge on any atom is 0.266 e. The minimum Gasteiger partial charge on any atom is -0.548 e. The molecule has 0 aliphatic carbocycles. The van der Waals surface area contributed by atoms with Crippen molar-refractivity contribution in [3.8, 4) is 0 Å². The van der Waals surface area contributed by atoms with Gasteiger partial charge in [-0.25, -0.2) is 0 Å². The Morgan fingerprint density at radius 1 is 1.31 bits per heavy atom. The molecular formula is C18H19N2O4S2-. The fourth-order valence-corrected chi connectivity index (χ4v) is 3.66. The van der Waals surface area contributed by atoms with Crippen LogP contribution < -0.4 is 10.4 Å². The molecule has 138 valence electrons. The van der Waals surface area contributed by atoms with Crippen LogP contribution in [0.2, 0.25) is 0 Å². The molecule has 0 saturated carbocycles. The lowest BCUT2D eigenvalue weighted by atomic mass is 10.0. The molecule has 0 unspecified atom stereocenters. The summed E-state index contributed by atoms with van der Waals surface area (Å²) in [6.07, 6.45) is 1.71. The zero-order chi connectivity index (χ0) is 19.3. The van der Waals surface area contributed by atoms with E-state index in [9.17, 15) is 19.5 Å². The molecule has 0 aromatic heterocycles. The largest absolute Gasteiger partial charge is 0.548 e. The van der Waals surface area contributed by atoms with Gasteiger partial charge in [-0.2, -0.15) is 0 Å². The van der Waals surface area contributed by atoms with Crippen LogP contribution in [0.3, 0.4) is 0 Å². The van der Waals surface area contributed by atoms with Crippen LogP contribution in [0.4, 0.5) is 0 Å². The number of nitrogens with one attached hydrogen (secondary N) is 1. The number of hydrogen-bond acceptors (Lipinski definition) is 6. The summed E-state index contributed by atoms with van der Waals surface area (Å²) >= 11 is 6.41. The Balaban J connectivity index is 1.96. The van der Waals surface area contributed by atoms with Crippen molar-refractivity contribution in [3.63, 3.8) is 0 Å². The Labute approximate surface area is 161 Å². The van der Waals surface area contributed by atoms with E-state index in [0.717, 1.165) is 5.56 Å². The Bertz CT molecular complexity index is 747. The van der Waals surface area contributed by atoms with Crippen LogP contribution in [0.25, 0.3) is 6.08 Å². The first-order valence-corrected chi connectivity index (χ1v) is 9.32. The van der Waals surface area contributed by atoms with E-state index >= 15 is 0 Å². The van der Waals surface area contributed by atoms with Crippen LogP contribution in [0, 0.1) is 5.92 Å². The minimum absolute atomic E-state index is 0.0401. The van der Waals surface area contributed by atoms with E-state index in [2.05, 4.69) is 5.32 Å². The highest BCUT2D eigenvalue weighted by atomic mass is 32.2. The number of carboxylic acids is 1. The summed E-state index contributed by atoms with van der Waals surface area (Å²) in [4.78, 5) is 37.4. The Hall–Kier alpha value is -2.19. The number of hydrogen-bond donors (Lipinski definition) is 1. The molecule has 1 atom stereocenters. The van der Waals surface area contributed by atoms with Crippen molar-refractivity contribution < 1.29 is 19.5 Å². The number of thioether (sulfide) groups is 1. The van der Waals surface area contributed by atoms with Crippen LogP contribution in [-0.2, 0) is 14.4 Å². The molecule has 8 heteroatoms. The predicted octanol–water partition coefficient (Wildman–Crippen LogP) is 1.17. The number of carbonyl (C=O) groups excluding carboxylic acids is 3. The second-order valence-corrected chi connectivity index (χ2v) is 7.78. The van der Waals surface area contributed by atoms with Gasteiger partial charge in [0.25, 0.3) is 5.91 Å². The highest BCUT2D eigenvalue weighted by Gasteiger charge is 2.32. The summed E-state index contributed by atoms with van der Waals surface area (Å²) in [7, 11) is 0. The normalized spacial score (nSPS) is 17.0. The monoisotopic (exact) mass is 391 g/mol. The molecule has 1 aliphatic rings. The topological polar surface area (TPSA) is 89.5 Å². The van der Waals surface area contributed by atoms with Crippen molar-refractivity contribution in [3.05, 3.63) is 40.8 Å². The molecule has 1 heterocycles. The third kappa shape index (κ3) is 5.15. The van der Waals surface area contributed by atoms with Crippen LogP contribution in [0.5, 0.6) is 0 Å². The first-order chi connectivity index (χ1) is 12.3. The third-order valence-corrected chi connectivity index (χ3v) is 5.15. The van der Waals surface area contributed by atoms with Gasteiger partial charge in [0.1, 0.15) is 4.32 Å². The molecule has 0 bridgehead atoms. The highest BCUT2D eigenvalue weighted by Crippen LogP contribution is 2.32. The Morgan fingerprint density at radius 2 is 1.96 bits per heavy atom. The summed E-state index contributed by atoms with van der Waals surface area (Å²) in [6.45, 7) is 3.45. The molecule has 1 aromatic carbocycles. The van der Waals surface area contributed by atoms with Crippen molar-refractivity contribution in [2.24, 2.45) is 5.92 Å². The van der Waals surface area contributed by atoms with E-state index in [4.69, 9.17) is 12.2 Å². The summed E-state index contributed by atoms with van der Waals surface area (Å²) in [5.74, 6) is -2.34. The van der Waals surface area contributed by atoms with Gasteiger partial charge in [-0.05, 0) is 17.6 Å². The van der Waals surface area contributed by atoms with Gasteiger partial charge in [-0.1, -0.05) is 68.2 Å². The molecule has 1 aromatic rings. The van der Waals surface area contributed by atoms with Gasteiger partial charge in [0.15, 0.2) is 0 Å². The lowest BCUT2D eigenvalue weighted by Crippen LogP contribution is -2.51. The van der Waals surface area contributed by atoms with Gasteiger partial charge in [-0.15, -0.1) is 0 Å². The zero-order valence-corrected chi connectivity index (χ0v) is 16.1. The number of benzene rings is 1. The van der Waals surface area contributed by atoms with Crippen LogP contribution in [0.15, 0.2) is 35.2 Å².